The maximum Gasteiger partial charge on any atom is 0.261 e. The molecule has 0 N–H and O–H groups in total. The Hall–Kier alpha value is -1.72. The van der Waals surface area contributed by atoms with E-state index in [0.29, 0.717) is 5.39 Å². The molecule has 0 bridgehead atoms. The van der Waals surface area contributed by atoms with Crippen molar-refractivity contribution in [2.75, 3.05) is 33.7 Å². The highest BCUT2D eigenvalue weighted by Crippen LogP contribution is 2.22. The number of piperazine rings is 1. The van der Waals surface area contributed by atoms with E-state index in [0.717, 1.165) is 31.0 Å². The first-order valence-corrected chi connectivity index (χ1v) is 6.92. The minimum atomic E-state index is 0.0345. The van der Waals surface area contributed by atoms with Gasteiger partial charge in [-0.1, -0.05) is 12.1 Å². The average Bonchev–Trinajstić information content (AvgIpc) is 2.46. The van der Waals surface area contributed by atoms with Gasteiger partial charge in [0, 0.05) is 26.7 Å². The van der Waals surface area contributed by atoms with Crippen LogP contribution in [0.15, 0.2) is 29.1 Å². The molecule has 1 unspecified atom stereocenters. The zero-order valence-electron chi connectivity index (χ0n) is 12.2. The van der Waals surface area contributed by atoms with Crippen molar-refractivity contribution < 1.29 is 0 Å². The molecule has 0 aliphatic carbocycles. The van der Waals surface area contributed by atoms with Crippen LogP contribution in [0.1, 0.15) is 11.9 Å². The first-order valence-electron chi connectivity index (χ1n) is 6.92. The Kier molecular flexibility index (Phi) is 3.31. The Bertz CT molecular complexity index is 694. The second-order valence-corrected chi connectivity index (χ2v) is 5.61. The molecular formula is C15H20N4O. The molecular weight excluding hydrogens is 252 g/mol. The zero-order chi connectivity index (χ0) is 14.3. The Balaban J connectivity index is 2.16. The number of likely N-dealkylation sites (N-methyl/N-ethyl adjacent to an activating group) is 2. The molecule has 1 fully saturated rings. The molecule has 1 aliphatic heterocycles. The molecule has 1 atom stereocenters. The standard InChI is InChI=1S/C15H20N4O/c1-17-8-9-18(2)13(10-17)14-16-12-7-5-4-6-11(12)15(20)19(14)3/h4-7,13H,8-10H2,1-3H3. The third-order valence-electron chi connectivity index (χ3n) is 4.17. The number of aromatic nitrogens is 2. The van der Waals surface area contributed by atoms with Gasteiger partial charge < -0.3 is 4.90 Å². The van der Waals surface area contributed by atoms with E-state index in [9.17, 15) is 4.79 Å². The van der Waals surface area contributed by atoms with E-state index in [1.165, 1.54) is 0 Å². The number of nitrogens with zero attached hydrogens (tertiary/aromatic N) is 4. The molecule has 2 heterocycles. The molecule has 3 rings (SSSR count). The second kappa shape index (κ2) is 5.00. The Morgan fingerprint density at radius 2 is 1.90 bits per heavy atom. The molecule has 1 saturated heterocycles. The summed E-state index contributed by atoms with van der Waals surface area (Å²) in [6.07, 6.45) is 0. The minimum Gasteiger partial charge on any atom is -0.303 e. The van der Waals surface area contributed by atoms with Gasteiger partial charge in [-0.2, -0.15) is 0 Å². The van der Waals surface area contributed by atoms with Crippen molar-refractivity contribution in [3.8, 4) is 0 Å². The third kappa shape index (κ3) is 2.13. The lowest BCUT2D eigenvalue weighted by molar-refractivity contribution is 0.107. The van der Waals surface area contributed by atoms with Gasteiger partial charge in [0.25, 0.3) is 5.56 Å². The van der Waals surface area contributed by atoms with Gasteiger partial charge >= 0.3 is 0 Å². The van der Waals surface area contributed by atoms with Gasteiger partial charge in [0.1, 0.15) is 5.82 Å². The van der Waals surface area contributed by atoms with Crippen LogP contribution in [0.3, 0.4) is 0 Å². The lowest BCUT2D eigenvalue weighted by Crippen LogP contribution is -2.46. The van der Waals surface area contributed by atoms with E-state index < -0.39 is 0 Å². The number of hydrogen-bond acceptors (Lipinski definition) is 4. The first kappa shape index (κ1) is 13.3. The van der Waals surface area contributed by atoms with Gasteiger partial charge in [-0.05, 0) is 26.2 Å². The number of hydrogen-bond donors (Lipinski definition) is 0. The second-order valence-electron chi connectivity index (χ2n) is 5.61. The third-order valence-corrected chi connectivity index (χ3v) is 4.17. The van der Waals surface area contributed by atoms with Gasteiger partial charge in [0.05, 0.1) is 16.9 Å². The summed E-state index contributed by atoms with van der Waals surface area (Å²) >= 11 is 0. The zero-order valence-corrected chi connectivity index (χ0v) is 12.2. The Morgan fingerprint density at radius 1 is 1.15 bits per heavy atom. The van der Waals surface area contributed by atoms with Crippen molar-refractivity contribution in [2.24, 2.45) is 7.05 Å². The van der Waals surface area contributed by atoms with Crippen LogP contribution >= 0.6 is 0 Å². The van der Waals surface area contributed by atoms with E-state index in [1.807, 2.05) is 31.3 Å². The molecule has 20 heavy (non-hydrogen) atoms. The Morgan fingerprint density at radius 3 is 2.70 bits per heavy atom. The summed E-state index contributed by atoms with van der Waals surface area (Å²) in [7, 11) is 6.03. The number of fused-ring (bicyclic) bond motifs is 1. The van der Waals surface area contributed by atoms with Crippen LogP contribution in [0, 0.1) is 0 Å². The van der Waals surface area contributed by atoms with Crippen molar-refractivity contribution >= 4 is 10.9 Å². The predicted molar refractivity (Wildman–Crippen MR) is 79.9 cm³/mol. The highest BCUT2D eigenvalue weighted by atomic mass is 16.1. The van der Waals surface area contributed by atoms with Crippen molar-refractivity contribution in [3.63, 3.8) is 0 Å². The van der Waals surface area contributed by atoms with E-state index >= 15 is 0 Å². The van der Waals surface area contributed by atoms with Gasteiger partial charge in [-0.3, -0.25) is 14.3 Å². The van der Waals surface area contributed by atoms with Crippen LogP contribution in [0.25, 0.3) is 10.9 Å². The quantitative estimate of drug-likeness (QED) is 0.772. The number of rotatable bonds is 1. The fourth-order valence-corrected chi connectivity index (χ4v) is 2.82. The van der Waals surface area contributed by atoms with Crippen LogP contribution in [-0.2, 0) is 7.05 Å². The number of para-hydroxylation sites is 1. The van der Waals surface area contributed by atoms with Gasteiger partial charge in [0.15, 0.2) is 0 Å². The highest BCUT2D eigenvalue weighted by Gasteiger charge is 2.27. The van der Waals surface area contributed by atoms with Crippen LogP contribution in [0.2, 0.25) is 0 Å². The van der Waals surface area contributed by atoms with Crippen molar-refractivity contribution in [1.82, 2.24) is 19.4 Å². The molecule has 5 heteroatoms. The van der Waals surface area contributed by atoms with Crippen molar-refractivity contribution in [3.05, 3.63) is 40.4 Å². The van der Waals surface area contributed by atoms with Gasteiger partial charge in [0.2, 0.25) is 0 Å². The fraction of sp³-hybridized carbons (Fsp3) is 0.467. The number of benzene rings is 1. The molecule has 1 aromatic carbocycles. The van der Waals surface area contributed by atoms with Gasteiger partial charge in [-0.25, -0.2) is 4.98 Å². The fourth-order valence-electron chi connectivity index (χ4n) is 2.82. The van der Waals surface area contributed by atoms with E-state index in [2.05, 4.69) is 23.9 Å². The van der Waals surface area contributed by atoms with Crippen LogP contribution in [0.4, 0.5) is 0 Å². The van der Waals surface area contributed by atoms with E-state index in [1.54, 1.807) is 4.57 Å². The summed E-state index contributed by atoms with van der Waals surface area (Å²) in [5, 5.41) is 0.686. The maximum absolute atomic E-state index is 12.5. The molecule has 0 radical (unpaired) electrons. The molecule has 0 saturated carbocycles. The van der Waals surface area contributed by atoms with E-state index in [-0.39, 0.29) is 11.6 Å². The first-order chi connectivity index (χ1) is 9.58. The summed E-state index contributed by atoms with van der Waals surface area (Å²) in [6, 6.07) is 7.72. The van der Waals surface area contributed by atoms with Crippen LogP contribution in [0.5, 0.6) is 0 Å². The van der Waals surface area contributed by atoms with Crippen LogP contribution < -0.4 is 5.56 Å². The van der Waals surface area contributed by atoms with Crippen LogP contribution in [-0.4, -0.2) is 53.1 Å². The predicted octanol–water partition coefficient (Wildman–Crippen LogP) is 0.852. The van der Waals surface area contributed by atoms with Gasteiger partial charge in [-0.15, -0.1) is 0 Å². The summed E-state index contributed by atoms with van der Waals surface area (Å²) in [5.74, 6) is 0.850. The molecule has 1 aromatic heterocycles. The summed E-state index contributed by atoms with van der Waals surface area (Å²) in [5.41, 5.74) is 0.819. The lowest BCUT2D eigenvalue weighted by Gasteiger charge is -2.37. The van der Waals surface area contributed by atoms with Crippen molar-refractivity contribution in [1.29, 1.82) is 0 Å². The smallest absolute Gasteiger partial charge is 0.261 e. The maximum atomic E-state index is 12.5. The molecule has 106 valence electrons. The minimum absolute atomic E-state index is 0.0345. The molecule has 5 nitrogen and oxygen atoms in total. The molecule has 2 aromatic rings. The summed E-state index contributed by atoms with van der Waals surface area (Å²) in [4.78, 5) is 21.8. The largest absolute Gasteiger partial charge is 0.303 e. The average molecular weight is 272 g/mol. The SMILES string of the molecule is CN1CCN(C)C(c2nc3ccccc3c(=O)n2C)C1. The monoisotopic (exact) mass is 272 g/mol. The topological polar surface area (TPSA) is 41.4 Å². The normalized spacial score (nSPS) is 21.4. The molecule has 0 amide bonds. The lowest BCUT2D eigenvalue weighted by atomic mass is 10.1. The van der Waals surface area contributed by atoms with E-state index in [4.69, 9.17) is 4.98 Å². The molecule has 1 aliphatic rings. The molecule has 0 spiro atoms. The summed E-state index contributed by atoms with van der Waals surface area (Å²) in [6.45, 7) is 2.94. The summed E-state index contributed by atoms with van der Waals surface area (Å²) < 4.78 is 1.70. The highest BCUT2D eigenvalue weighted by molar-refractivity contribution is 5.77. The van der Waals surface area contributed by atoms with Crippen molar-refractivity contribution in [2.45, 2.75) is 6.04 Å². The Labute approximate surface area is 118 Å².